The van der Waals surface area contributed by atoms with Crippen molar-refractivity contribution in [3.63, 3.8) is 0 Å². The van der Waals surface area contributed by atoms with Gasteiger partial charge in [0.15, 0.2) is 5.58 Å². The first kappa shape index (κ1) is 30.5. The summed E-state index contributed by atoms with van der Waals surface area (Å²) in [5.74, 6) is 0. The molecule has 10 aromatic carbocycles. The first-order valence-electron chi connectivity index (χ1n) is 18.5. The minimum Gasteiger partial charge on any atom is -0.454 e. The lowest BCUT2D eigenvalue weighted by Crippen LogP contribution is -2.10. The van der Waals surface area contributed by atoms with Crippen LogP contribution in [0.15, 0.2) is 205 Å². The van der Waals surface area contributed by atoms with E-state index in [1.54, 1.807) is 0 Å². The van der Waals surface area contributed by atoms with Gasteiger partial charge in [-0.25, -0.2) is 0 Å². The average Bonchev–Trinajstić information content (AvgIpc) is 3.64. The summed E-state index contributed by atoms with van der Waals surface area (Å²) in [5.41, 5.74) is 9.61. The van der Waals surface area contributed by atoms with Crippen LogP contribution in [0, 0.1) is 0 Å². The highest BCUT2D eigenvalue weighted by atomic mass is 16.3. The molecule has 1 heterocycles. The van der Waals surface area contributed by atoms with Crippen LogP contribution < -0.4 is 4.90 Å². The number of para-hydroxylation sites is 1. The van der Waals surface area contributed by atoms with E-state index in [4.69, 9.17) is 4.42 Å². The van der Waals surface area contributed by atoms with Crippen molar-refractivity contribution < 1.29 is 4.42 Å². The topological polar surface area (TPSA) is 16.4 Å². The molecule has 0 fully saturated rings. The zero-order valence-corrected chi connectivity index (χ0v) is 29.4. The minimum atomic E-state index is 0.871. The van der Waals surface area contributed by atoms with Gasteiger partial charge in [0.25, 0.3) is 0 Å². The summed E-state index contributed by atoms with van der Waals surface area (Å²) in [6, 6.07) is 72.2. The Morgan fingerprint density at radius 3 is 1.76 bits per heavy atom. The Morgan fingerprint density at radius 1 is 0.333 bits per heavy atom. The Labute approximate surface area is 312 Å². The third-order valence-electron chi connectivity index (χ3n) is 11.0. The standard InChI is InChI=1S/C52H33NO/c1-2-13-34(14-3-1)37-18-12-19-41(31-37)53(48-33-39-17-6-9-22-44(39)51-46-23-10-11-24-49(46)54-52(48)51)40-28-25-36(26-29-40)47-32-38-16-5-7-20-42(38)45-30-27-35-15-4-8-21-43(35)50(45)47/h1-33H. The highest BCUT2D eigenvalue weighted by molar-refractivity contribution is 6.24. The van der Waals surface area contributed by atoms with Gasteiger partial charge < -0.3 is 9.32 Å². The number of hydrogen-bond acceptors (Lipinski definition) is 2. The van der Waals surface area contributed by atoms with Gasteiger partial charge >= 0.3 is 0 Å². The smallest absolute Gasteiger partial charge is 0.160 e. The molecule has 54 heavy (non-hydrogen) atoms. The molecule has 0 spiro atoms. The van der Waals surface area contributed by atoms with E-state index in [-0.39, 0.29) is 0 Å². The van der Waals surface area contributed by atoms with Crippen molar-refractivity contribution in [3.8, 4) is 22.3 Å². The van der Waals surface area contributed by atoms with E-state index in [0.717, 1.165) is 44.6 Å². The minimum absolute atomic E-state index is 0.871. The number of furan rings is 1. The third-order valence-corrected chi connectivity index (χ3v) is 11.0. The Kier molecular flexibility index (Phi) is 6.90. The van der Waals surface area contributed by atoms with Gasteiger partial charge in [0, 0.05) is 22.1 Å². The van der Waals surface area contributed by atoms with Crippen molar-refractivity contribution in [2.24, 2.45) is 0 Å². The Morgan fingerprint density at radius 2 is 0.963 bits per heavy atom. The molecule has 0 saturated heterocycles. The second-order valence-corrected chi connectivity index (χ2v) is 14.1. The Balaban J connectivity index is 1.16. The van der Waals surface area contributed by atoms with Crippen LogP contribution in [0.1, 0.15) is 0 Å². The van der Waals surface area contributed by atoms with E-state index in [1.807, 2.05) is 6.07 Å². The maximum absolute atomic E-state index is 6.81. The van der Waals surface area contributed by atoms with Gasteiger partial charge in [-0.05, 0) is 108 Å². The lowest BCUT2D eigenvalue weighted by atomic mass is 9.90. The molecule has 0 bridgehead atoms. The van der Waals surface area contributed by atoms with Crippen LogP contribution in [0.5, 0.6) is 0 Å². The molecule has 252 valence electrons. The zero-order valence-electron chi connectivity index (χ0n) is 29.4. The Hall–Kier alpha value is -7.16. The van der Waals surface area contributed by atoms with Crippen LogP contribution in [-0.2, 0) is 0 Å². The zero-order chi connectivity index (χ0) is 35.6. The van der Waals surface area contributed by atoms with E-state index < -0.39 is 0 Å². The Bertz CT molecular complexity index is 3210. The summed E-state index contributed by atoms with van der Waals surface area (Å²) in [6.07, 6.45) is 0. The molecular weight excluding hydrogens is 655 g/mol. The molecule has 0 saturated carbocycles. The molecule has 0 aliphatic heterocycles. The predicted molar refractivity (Wildman–Crippen MR) is 229 cm³/mol. The van der Waals surface area contributed by atoms with Crippen molar-refractivity contribution in [3.05, 3.63) is 200 Å². The highest BCUT2D eigenvalue weighted by Gasteiger charge is 2.22. The van der Waals surface area contributed by atoms with Gasteiger partial charge in [-0.2, -0.15) is 0 Å². The quantitative estimate of drug-likeness (QED) is 0.168. The van der Waals surface area contributed by atoms with Gasteiger partial charge in [0.05, 0.1) is 5.69 Å². The number of nitrogens with zero attached hydrogens (tertiary/aromatic N) is 1. The second kappa shape index (κ2) is 12.2. The van der Waals surface area contributed by atoms with E-state index in [9.17, 15) is 0 Å². The molecular formula is C52H33NO. The molecule has 2 nitrogen and oxygen atoms in total. The summed E-state index contributed by atoms with van der Waals surface area (Å²) >= 11 is 0. The van der Waals surface area contributed by atoms with Crippen molar-refractivity contribution in [1.82, 2.24) is 0 Å². The van der Waals surface area contributed by atoms with Crippen LogP contribution in [0.4, 0.5) is 17.1 Å². The second-order valence-electron chi connectivity index (χ2n) is 14.1. The lowest BCUT2D eigenvalue weighted by Gasteiger charge is -2.27. The summed E-state index contributed by atoms with van der Waals surface area (Å²) in [6.45, 7) is 0. The molecule has 0 atom stereocenters. The third kappa shape index (κ3) is 4.81. The van der Waals surface area contributed by atoms with Gasteiger partial charge in [-0.15, -0.1) is 0 Å². The van der Waals surface area contributed by atoms with Gasteiger partial charge in [0.2, 0.25) is 0 Å². The first-order chi connectivity index (χ1) is 26.8. The van der Waals surface area contributed by atoms with Crippen LogP contribution in [-0.4, -0.2) is 0 Å². The van der Waals surface area contributed by atoms with Crippen LogP contribution >= 0.6 is 0 Å². The van der Waals surface area contributed by atoms with Crippen molar-refractivity contribution in [2.75, 3.05) is 4.90 Å². The van der Waals surface area contributed by atoms with Crippen LogP contribution in [0.3, 0.4) is 0 Å². The number of benzene rings is 10. The molecule has 11 aromatic rings. The SMILES string of the molecule is c1ccc(-c2cccc(N(c3ccc(-c4cc5ccccc5c5ccc6ccccc6c45)cc3)c3cc4ccccc4c4c3oc3ccccc34)c2)cc1. The predicted octanol–water partition coefficient (Wildman–Crippen LogP) is 15.0. The summed E-state index contributed by atoms with van der Waals surface area (Å²) in [4.78, 5) is 2.36. The molecule has 11 rings (SSSR count). The van der Waals surface area contributed by atoms with E-state index in [1.165, 1.54) is 59.8 Å². The summed E-state index contributed by atoms with van der Waals surface area (Å²) in [7, 11) is 0. The molecule has 0 aliphatic carbocycles. The normalized spacial score (nSPS) is 11.7. The van der Waals surface area contributed by atoms with Gasteiger partial charge in [-0.1, -0.05) is 158 Å². The molecule has 0 unspecified atom stereocenters. The maximum atomic E-state index is 6.81. The fourth-order valence-corrected chi connectivity index (χ4v) is 8.50. The van der Waals surface area contributed by atoms with Gasteiger partial charge in [-0.3, -0.25) is 0 Å². The van der Waals surface area contributed by atoms with E-state index >= 15 is 0 Å². The first-order valence-corrected chi connectivity index (χ1v) is 18.5. The van der Waals surface area contributed by atoms with Crippen molar-refractivity contribution >= 4 is 82.1 Å². The van der Waals surface area contributed by atoms with Crippen LogP contribution in [0.25, 0.3) is 87.3 Å². The molecule has 0 radical (unpaired) electrons. The van der Waals surface area contributed by atoms with E-state index in [0.29, 0.717) is 0 Å². The molecule has 1 aromatic heterocycles. The average molecular weight is 688 g/mol. The molecule has 0 amide bonds. The summed E-state index contributed by atoms with van der Waals surface area (Å²) < 4.78 is 6.81. The maximum Gasteiger partial charge on any atom is 0.160 e. The molecule has 2 heteroatoms. The molecule has 0 aliphatic rings. The number of fused-ring (bicyclic) bond motifs is 10. The fraction of sp³-hybridized carbons (Fsp3) is 0. The van der Waals surface area contributed by atoms with Gasteiger partial charge in [0.1, 0.15) is 5.58 Å². The number of hydrogen-bond donors (Lipinski definition) is 0. The van der Waals surface area contributed by atoms with Crippen LogP contribution in [0.2, 0.25) is 0 Å². The number of anilines is 3. The largest absolute Gasteiger partial charge is 0.454 e. The monoisotopic (exact) mass is 687 g/mol. The highest BCUT2D eigenvalue weighted by Crippen LogP contribution is 2.47. The lowest BCUT2D eigenvalue weighted by molar-refractivity contribution is 0.669. The van der Waals surface area contributed by atoms with Crippen molar-refractivity contribution in [1.29, 1.82) is 0 Å². The van der Waals surface area contributed by atoms with Crippen molar-refractivity contribution in [2.45, 2.75) is 0 Å². The summed E-state index contributed by atoms with van der Waals surface area (Å²) in [5, 5.41) is 12.2. The van der Waals surface area contributed by atoms with E-state index in [2.05, 4.69) is 199 Å². The number of rotatable bonds is 5. The molecule has 0 N–H and O–H groups in total. The fourth-order valence-electron chi connectivity index (χ4n) is 8.50.